The standard InChI is InChI=1S/C56H61N3O8/c60-49(43-20-18-39(19-21-43)10-7-8-17-50(61)47-22-24-51(62)54-48(47)23-26-52(63)57-54)25-27-53(64)59-34-30-42(31-35-59)44-13-9-16-46(36-44)56(66,45-14-5-2-6-15-45)55(65)67-38-41-28-32-58(33-29-41)37-40-11-3-1-4-12-40/h1-6,9,11-16,18-24,26,36,41-42,50,61-62,66H,7-8,10,17,25,27-35,37-38H2,(H,57,63)/t50-,56-/m0/s1. The zero-order valence-electron chi connectivity index (χ0n) is 38.0. The molecule has 1 aromatic heterocycles. The second kappa shape index (κ2) is 21.9. The fourth-order valence-electron chi connectivity index (χ4n) is 9.76. The number of Topliss-reactive ketones (excluding diaryl/α,β-unsaturated/α-hetero) is 1. The lowest BCUT2D eigenvalue weighted by Gasteiger charge is -2.34. The Hall–Kier alpha value is -6.40. The molecule has 67 heavy (non-hydrogen) atoms. The largest absolute Gasteiger partial charge is 0.506 e. The Labute approximate surface area is 392 Å². The molecular formula is C56H61N3O8. The summed E-state index contributed by atoms with van der Waals surface area (Å²) in [6.07, 6.45) is 5.65. The Kier molecular flexibility index (Phi) is 15.4. The number of phenols is 1. The van der Waals surface area contributed by atoms with Gasteiger partial charge >= 0.3 is 5.97 Å². The van der Waals surface area contributed by atoms with E-state index in [1.807, 2.05) is 71.6 Å². The second-order valence-corrected chi connectivity index (χ2v) is 18.3. The molecule has 0 radical (unpaired) electrons. The van der Waals surface area contributed by atoms with Crippen LogP contribution in [0.5, 0.6) is 5.75 Å². The Bertz CT molecular complexity index is 2670. The molecule has 348 valence electrons. The summed E-state index contributed by atoms with van der Waals surface area (Å²) in [5, 5.41) is 34.0. The molecule has 11 heteroatoms. The fraction of sp³-hybridized carbons (Fsp3) is 0.357. The molecule has 2 atom stereocenters. The molecule has 6 aromatic rings. The number of carbonyl (C=O) groups excluding carboxylic acids is 3. The number of phenolic OH excluding ortho intramolecular Hbond substituents is 1. The summed E-state index contributed by atoms with van der Waals surface area (Å²) in [6, 6.07) is 40.7. The number of ether oxygens (including phenoxy) is 1. The van der Waals surface area contributed by atoms with Crippen LogP contribution in [0.15, 0.2) is 138 Å². The summed E-state index contributed by atoms with van der Waals surface area (Å²) in [5.74, 6) is -0.502. The van der Waals surface area contributed by atoms with Crippen LogP contribution in [0.1, 0.15) is 114 Å². The molecule has 0 bridgehead atoms. The van der Waals surface area contributed by atoms with E-state index in [2.05, 4.69) is 34.1 Å². The third kappa shape index (κ3) is 11.6. The first kappa shape index (κ1) is 47.1. The van der Waals surface area contributed by atoms with Crippen LogP contribution in [0.4, 0.5) is 0 Å². The zero-order valence-corrected chi connectivity index (χ0v) is 38.0. The van der Waals surface area contributed by atoms with E-state index in [-0.39, 0.29) is 54.3 Å². The van der Waals surface area contributed by atoms with E-state index < -0.39 is 17.7 Å². The Morgan fingerprint density at radius 3 is 2.16 bits per heavy atom. The van der Waals surface area contributed by atoms with Crippen molar-refractivity contribution in [2.24, 2.45) is 5.92 Å². The number of piperidine rings is 2. The van der Waals surface area contributed by atoms with Crippen LogP contribution in [-0.2, 0) is 32.9 Å². The molecule has 8 rings (SSSR count). The maximum Gasteiger partial charge on any atom is 0.347 e. The number of amides is 1. The summed E-state index contributed by atoms with van der Waals surface area (Å²) in [5.41, 5.74) is 3.51. The average molecular weight is 904 g/mol. The van der Waals surface area contributed by atoms with Crippen LogP contribution in [0, 0.1) is 5.92 Å². The monoisotopic (exact) mass is 903 g/mol. The van der Waals surface area contributed by atoms with Gasteiger partial charge in [-0.15, -0.1) is 0 Å². The number of esters is 1. The predicted molar refractivity (Wildman–Crippen MR) is 259 cm³/mol. The molecule has 0 unspecified atom stereocenters. The topological polar surface area (TPSA) is 160 Å². The van der Waals surface area contributed by atoms with E-state index in [1.54, 1.807) is 30.3 Å². The number of likely N-dealkylation sites (tertiary alicyclic amines) is 2. The Morgan fingerprint density at radius 2 is 1.43 bits per heavy atom. The molecule has 4 N–H and O–H groups in total. The number of aliphatic hydroxyl groups is 2. The number of H-pyrrole nitrogens is 1. The van der Waals surface area contributed by atoms with Crippen molar-refractivity contribution >= 4 is 28.6 Å². The van der Waals surface area contributed by atoms with Crippen molar-refractivity contribution < 1.29 is 34.4 Å². The number of aromatic nitrogens is 1. The van der Waals surface area contributed by atoms with Crippen LogP contribution in [-0.4, -0.2) is 80.5 Å². The van der Waals surface area contributed by atoms with Gasteiger partial charge < -0.3 is 29.9 Å². The number of nitrogens with one attached hydrogen (secondary N) is 1. The van der Waals surface area contributed by atoms with Gasteiger partial charge in [0, 0.05) is 49.5 Å². The quantitative estimate of drug-likeness (QED) is 0.0376. The number of aromatic amines is 1. The molecule has 1 amide bonds. The lowest BCUT2D eigenvalue weighted by molar-refractivity contribution is -0.164. The predicted octanol–water partition coefficient (Wildman–Crippen LogP) is 8.74. The minimum atomic E-state index is -1.99. The van der Waals surface area contributed by atoms with Gasteiger partial charge in [0.15, 0.2) is 5.78 Å². The van der Waals surface area contributed by atoms with E-state index >= 15 is 0 Å². The highest BCUT2D eigenvalue weighted by Gasteiger charge is 2.42. The number of carbonyl (C=O) groups is 3. The summed E-state index contributed by atoms with van der Waals surface area (Å²) in [7, 11) is 0. The molecule has 0 saturated carbocycles. The maximum atomic E-state index is 14.0. The van der Waals surface area contributed by atoms with Crippen molar-refractivity contribution in [2.45, 2.75) is 88.4 Å². The van der Waals surface area contributed by atoms with Gasteiger partial charge in [0.1, 0.15) is 5.75 Å². The summed E-state index contributed by atoms with van der Waals surface area (Å²) >= 11 is 0. The number of aliphatic hydroxyl groups excluding tert-OH is 1. The van der Waals surface area contributed by atoms with Gasteiger partial charge in [0.25, 0.3) is 0 Å². The van der Waals surface area contributed by atoms with Gasteiger partial charge in [-0.3, -0.25) is 19.3 Å². The molecule has 2 aliphatic rings. The van der Waals surface area contributed by atoms with E-state index in [1.165, 1.54) is 17.7 Å². The first-order valence-electron chi connectivity index (χ1n) is 23.8. The van der Waals surface area contributed by atoms with Crippen LogP contribution in [0.3, 0.4) is 0 Å². The summed E-state index contributed by atoms with van der Waals surface area (Å²) in [6.45, 7) is 4.10. The summed E-state index contributed by atoms with van der Waals surface area (Å²) in [4.78, 5) is 59.1. The number of aromatic hydroxyl groups is 1. The molecule has 0 spiro atoms. The van der Waals surface area contributed by atoms with Gasteiger partial charge in [-0.2, -0.15) is 0 Å². The zero-order chi connectivity index (χ0) is 46.8. The highest BCUT2D eigenvalue weighted by molar-refractivity contribution is 5.98. The molecule has 2 saturated heterocycles. The highest BCUT2D eigenvalue weighted by atomic mass is 16.5. The van der Waals surface area contributed by atoms with Crippen molar-refractivity contribution in [3.63, 3.8) is 0 Å². The van der Waals surface area contributed by atoms with Gasteiger partial charge in [-0.25, -0.2) is 4.79 Å². The van der Waals surface area contributed by atoms with Crippen LogP contribution in [0.2, 0.25) is 0 Å². The van der Waals surface area contributed by atoms with E-state index in [4.69, 9.17) is 4.74 Å². The smallest absolute Gasteiger partial charge is 0.347 e. The third-order valence-electron chi connectivity index (χ3n) is 13.8. The van der Waals surface area contributed by atoms with Crippen molar-refractivity contribution in [1.82, 2.24) is 14.8 Å². The van der Waals surface area contributed by atoms with E-state index in [0.717, 1.165) is 75.7 Å². The summed E-state index contributed by atoms with van der Waals surface area (Å²) < 4.78 is 5.96. The molecule has 11 nitrogen and oxygen atoms in total. The van der Waals surface area contributed by atoms with E-state index in [9.17, 15) is 34.5 Å². The number of aryl methyl sites for hydroxylation is 1. The van der Waals surface area contributed by atoms with Crippen molar-refractivity contribution in [2.75, 3.05) is 32.8 Å². The number of hydrogen-bond acceptors (Lipinski definition) is 9. The minimum Gasteiger partial charge on any atom is -0.506 e. The normalized spacial score (nSPS) is 16.4. The van der Waals surface area contributed by atoms with Crippen molar-refractivity contribution in [3.8, 4) is 5.75 Å². The molecule has 0 aliphatic carbocycles. The molecule has 2 fully saturated rings. The number of nitrogens with zero attached hydrogens (tertiary/aromatic N) is 2. The first-order chi connectivity index (χ1) is 32.5. The molecule has 2 aliphatic heterocycles. The number of fused-ring (bicyclic) bond motifs is 1. The molecule has 5 aromatic carbocycles. The number of pyridine rings is 1. The second-order valence-electron chi connectivity index (χ2n) is 18.3. The SMILES string of the molecule is O=C(CCC(=O)N1CCC(c2cccc([C@](O)(C(=O)OCC3CCN(Cc4ccccc4)CC3)c3ccccc3)c2)CC1)c1ccc(CCCC[C@H](O)c2ccc(O)c3[nH]c(=O)ccc23)cc1. The van der Waals surface area contributed by atoms with Crippen molar-refractivity contribution in [1.29, 1.82) is 0 Å². The Balaban J connectivity index is 0.784. The molecule has 3 heterocycles. The lowest BCUT2D eigenvalue weighted by Crippen LogP contribution is -2.41. The van der Waals surface area contributed by atoms with Crippen LogP contribution < -0.4 is 5.56 Å². The number of ketones is 1. The number of hydrogen-bond donors (Lipinski definition) is 4. The molecular weight excluding hydrogens is 843 g/mol. The van der Waals surface area contributed by atoms with E-state index in [0.29, 0.717) is 52.7 Å². The fourth-order valence-corrected chi connectivity index (χ4v) is 9.76. The Morgan fingerprint density at radius 1 is 0.731 bits per heavy atom. The van der Waals surface area contributed by atoms with Gasteiger partial charge in [-0.05, 0) is 115 Å². The average Bonchev–Trinajstić information content (AvgIpc) is 3.37. The van der Waals surface area contributed by atoms with Crippen molar-refractivity contribution in [3.05, 3.63) is 183 Å². The first-order valence-corrected chi connectivity index (χ1v) is 23.8. The number of rotatable bonds is 18. The number of unbranched alkanes of at least 4 members (excludes halogenated alkanes) is 1. The van der Waals surface area contributed by atoms with Crippen LogP contribution in [0.25, 0.3) is 10.9 Å². The highest BCUT2D eigenvalue weighted by Crippen LogP contribution is 2.36. The third-order valence-corrected chi connectivity index (χ3v) is 13.8. The van der Waals surface area contributed by atoms with Crippen LogP contribution >= 0.6 is 0 Å². The van der Waals surface area contributed by atoms with Gasteiger partial charge in [0.05, 0.1) is 18.2 Å². The number of benzene rings is 5. The lowest BCUT2D eigenvalue weighted by atomic mass is 9.82. The maximum absolute atomic E-state index is 14.0. The minimum absolute atomic E-state index is 0.0392. The van der Waals surface area contributed by atoms with Gasteiger partial charge in [0.2, 0.25) is 17.1 Å². The van der Waals surface area contributed by atoms with Gasteiger partial charge in [-0.1, -0.05) is 122 Å².